The second kappa shape index (κ2) is 26.7. The van der Waals surface area contributed by atoms with Crippen LogP contribution < -0.4 is 5.32 Å². The predicted molar refractivity (Wildman–Crippen MR) is 118 cm³/mol. The number of hydrogen-bond donors (Lipinski definition) is 2. The second-order valence-electron chi connectivity index (χ2n) is 7.20. The molecule has 0 bridgehead atoms. The fraction of sp³-hybridized carbons (Fsp3) is 1.00. The highest BCUT2D eigenvalue weighted by Gasteiger charge is 2.06. The fourth-order valence-electron chi connectivity index (χ4n) is 2.77. The predicted octanol–water partition coefficient (Wildman–Crippen LogP) is 7.10. The van der Waals surface area contributed by atoms with E-state index in [1.54, 1.807) is 0 Å². The minimum Gasteiger partial charge on any atom is -0.393 e. The molecule has 0 aliphatic heterocycles. The van der Waals surface area contributed by atoms with Crippen molar-refractivity contribution in [1.82, 2.24) is 5.32 Å². The Morgan fingerprint density at radius 3 is 1.44 bits per heavy atom. The molecule has 0 rings (SSSR count). The number of halogens is 2. The highest BCUT2D eigenvalue weighted by Crippen LogP contribution is 2.17. The molecule has 0 amide bonds. The van der Waals surface area contributed by atoms with Crippen LogP contribution in [0.5, 0.6) is 0 Å². The Hall–Kier alpha value is 0.500. The first-order chi connectivity index (χ1) is 11.6. The van der Waals surface area contributed by atoms with Crippen LogP contribution in [0.25, 0.3) is 0 Å². The third-order valence-corrected chi connectivity index (χ3v) is 4.71. The van der Waals surface area contributed by atoms with E-state index >= 15 is 0 Å². The van der Waals surface area contributed by atoms with E-state index in [4.69, 9.17) is 11.6 Å². The van der Waals surface area contributed by atoms with Crippen LogP contribution in [-0.2, 0) is 0 Å². The fourth-order valence-corrected chi connectivity index (χ4v) is 3.05. The molecule has 2 N–H and O–H groups in total. The number of unbranched alkanes of at least 4 members (excludes halogenated alkanes) is 11. The molecule has 4 heteroatoms. The molecule has 0 saturated carbocycles. The number of hydrogen-bond acceptors (Lipinski definition) is 2. The first kappa shape index (κ1) is 30.2. The summed E-state index contributed by atoms with van der Waals surface area (Å²) in [5, 5.41) is 12.2. The average molecular weight is 401 g/mol. The molecule has 0 spiro atoms. The monoisotopic (exact) mass is 399 g/mol. The highest BCUT2D eigenvalue weighted by atomic mass is 35.5. The molecule has 0 saturated heterocycles. The van der Waals surface area contributed by atoms with Gasteiger partial charge in [0.15, 0.2) is 0 Å². The summed E-state index contributed by atoms with van der Waals surface area (Å²) in [5.74, 6) is 0. The Kier molecular flexibility index (Phi) is 32.3. The number of aliphatic hydroxyl groups excluding tert-OH is 1. The van der Waals surface area contributed by atoms with Gasteiger partial charge in [-0.25, -0.2) is 0 Å². The Morgan fingerprint density at radius 1 is 0.720 bits per heavy atom. The van der Waals surface area contributed by atoms with Crippen molar-refractivity contribution in [2.75, 3.05) is 14.1 Å². The lowest BCUT2D eigenvalue weighted by molar-refractivity contribution is 0.180. The van der Waals surface area contributed by atoms with Crippen LogP contribution in [0.15, 0.2) is 0 Å². The van der Waals surface area contributed by atoms with Gasteiger partial charge in [0, 0.05) is 5.38 Å². The molecule has 156 valence electrons. The van der Waals surface area contributed by atoms with Gasteiger partial charge in [-0.1, -0.05) is 84.0 Å². The molecule has 0 aliphatic rings. The van der Waals surface area contributed by atoms with E-state index in [9.17, 15) is 5.11 Å². The third kappa shape index (κ3) is 32.6. The van der Waals surface area contributed by atoms with E-state index in [2.05, 4.69) is 12.2 Å². The molecule has 0 aromatic carbocycles. The zero-order valence-electron chi connectivity index (χ0n) is 17.5. The summed E-state index contributed by atoms with van der Waals surface area (Å²) < 4.78 is 0. The summed E-state index contributed by atoms with van der Waals surface area (Å²) in [6, 6.07) is 0. The Bertz CT molecular complexity index is 216. The first-order valence-corrected chi connectivity index (χ1v) is 10.9. The van der Waals surface area contributed by atoms with Crippen molar-refractivity contribution in [3.63, 3.8) is 0 Å². The zero-order valence-corrected chi connectivity index (χ0v) is 19.1. The third-order valence-electron chi connectivity index (χ3n) is 4.27. The van der Waals surface area contributed by atoms with Gasteiger partial charge in [-0.2, -0.15) is 0 Å². The quantitative estimate of drug-likeness (QED) is 0.214. The minimum atomic E-state index is -0.201. The van der Waals surface area contributed by atoms with Crippen LogP contribution in [0.2, 0.25) is 0 Å². The van der Waals surface area contributed by atoms with E-state index in [-0.39, 0.29) is 23.9 Å². The van der Waals surface area contributed by atoms with Crippen molar-refractivity contribution in [3.05, 3.63) is 0 Å². The molecule has 0 aromatic heterocycles. The molecular formula is C21H47Cl2NO. The maximum absolute atomic E-state index is 9.22. The van der Waals surface area contributed by atoms with Gasteiger partial charge in [0.2, 0.25) is 0 Å². The molecule has 2 nitrogen and oxygen atoms in total. The van der Waals surface area contributed by atoms with Gasteiger partial charge < -0.3 is 10.4 Å². The largest absolute Gasteiger partial charge is 0.393 e. The molecule has 0 radical (unpaired) electrons. The molecule has 2 unspecified atom stereocenters. The SMILES string of the molecule is CCCCCCCCCCCCCCC(Cl)CCC(C)O.CNC.Cl. The average Bonchev–Trinajstić information content (AvgIpc) is 2.54. The summed E-state index contributed by atoms with van der Waals surface area (Å²) in [5.41, 5.74) is 0. The summed E-state index contributed by atoms with van der Waals surface area (Å²) in [4.78, 5) is 0. The van der Waals surface area contributed by atoms with Crippen molar-refractivity contribution in [1.29, 1.82) is 0 Å². The smallest absolute Gasteiger partial charge is 0.0512 e. The van der Waals surface area contributed by atoms with Gasteiger partial charge in [-0.05, 0) is 40.3 Å². The molecule has 0 heterocycles. The lowest BCUT2D eigenvalue weighted by Crippen LogP contribution is -2.05. The number of alkyl halides is 1. The van der Waals surface area contributed by atoms with Crippen LogP contribution in [0.4, 0.5) is 0 Å². The normalized spacial score (nSPS) is 12.7. The molecule has 2 atom stereocenters. The van der Waals surface area contributed by atoms with Crippen LogP contribution >= 0.6 is 24.0 Å². The first-order valence-electron chi connectivity index (χ1n) is 10.5. The zero-order chi connectivity index (χ0) is 18.5. The van der Waals surface area contributed by atoms with Crippen molar-refractivity contribution in [2.45, 2.75) is 122 Å². The lowest BCUT2D eigenvalue weighted by Gasteiger charge is -2.10. The van der Waals surface area contributed by atoms with Crippen LogP contribution in [0.3, 0.4) is 0 Å². The summed E-state index contributed by atoms with van der Waals surface area (Å²) in [6.45, 7) is 4.12. The molecule has 0 aromatic rings. The highest BCUT2D eigenvalue weighted by molar-refractivity contribution is 6.20. The van der Waals surface area contributed by atoms with Gasteiger partial charge in [0.25, 0.3) is 0 Å². The Labute approximate surface area is 170 Å². The van der Waals surface area contributed by atoms with Crippen molar-refractivity contribution >= 4 is 24.0 Å². The standard InChI is InChI=1S/C19H39ClO.C2H7N.ClH/c1-3-4-5-6-7-8-9-10-11-12-13-14-15-19(20)17-16-18(2)21;1-3-2;/h18-19,21H,3-17H2,1-2H3;3H,1-2H3;1H. The van der Waals surface area contributed by atoms with E-state index < -0.39 is 0 Å². The molecule has 0 aliphatic carbocycles. The Morgan fingerprint density at radius 2 is 1.08 bits per heavy atom. The van der Waals surface area contributed by atoms with Crippen LogP contribution in [0.1, 0.15) is 110 Å². The number of aliphatic hydroxyl groups is 1. The van der Waals surface area contributed by atoms with Crippen LogP contribution in [-0.4, -0.2) is 30.7 Å². The summed E-state index contributed by atoms with van der Waals surface area (Å²) in [6.07, 6.45) is 19.4. The van der Waals surface area contributed by atoms with E-state index in [1.165, 1.54) is 77.0 Å². The van der Waals surface area contributed by atoms with E-state index in [0.717, 1.165) is 19.3 Å². The second-order valence-corrected chi connectivity index (χ2v) is 7.82. The van der Waals surface area contributed by atoms with Gasteiger partial charge >= 0.3 is 0 Å². The van der Waals surface area contributed by atoms with Crippen molar-refractivity contribution in [2.24, 2.45) is 0 Å². The number of rotatable bonds is 16. The maximum atomic E-state index is 9.22. The Balaban J connectivity index is -0.00000112. The van der Waals surface area contributed by atoms with Gasteiger partial charge in [0.05, 0.1) is 6.10 Å². The lowest BCUT2D eigenvalue weighted by atomic mass is 10.0. The van der Waals surface area contributed by atoms with E-state index in [0.29, 0.717) is 0 Å². The topological polar surface area (TPSA) is 32.3 Å². The van der Waals surface area contributed by atoms with Gasteiger partial charge in [-0.3, -0.25) is 0 Å². The number of nitrogens with one attached hydrogen (secondary N) is 1. The van der Waals surface area contributed by atoms with Gasteiger partial charge in [0.1, 0.15) is 0 Å². The van der Waals surface area contributed by atoms with Crippen LogP contribution in [0, 0.1) is 0 Å². The minimum absolute atomic E-state index is 0. The molecule has 25 heavy (non-hydrogen) atoms. The maximum Gasteiger partial charge on any atom is 0.0512 e. The summed E-state index contributed by atoms with van der Waals surface area (Å²) >= 11 is 6.25. The van der Waals surface area contributed by atoms with Crippen molar-refractivity contribution < 1.29 is 5.11 Å². The molecular weight excluding hydrogens is 353 g/mol. The molecule has 0 fully saturated rings. The van der Waals surface area contributed by atoms with Crippen molar-refractivity contribution in [3.8, 4) is 0 Å². The van der Waals surface area contributed by atoms with E-state index in [1.807, 2.05) is 21.0 Å². The van der Waals surface area contributed by atoms with Gasteiger partial charge in [-0.15, -0.1) is 24.0 Å². The summed E-state index contributed by atoms with van der Waals surface area (Å²) in [7, 11) is 3.75.